The Morgan fingerprint density at radius 3 is 1.50 bits per heavy atom. The van der Waals surface area contributed by atoms with Crippen LogP contribution in [0.3, 0.4) is 0 Å². The molecule has 22 heavy (non-hydrogen) atoms. The van der Waals surface area contributed by atoms with Crippen molar-refractivity contribution in [1.82, 2.24) is 0 Å². The van der Waals surface area contributed by atoms with E-state index in [1.165, 1.54) is 90.4 Å². The molecule has 0 radical (unpaired) electrons. The second-order valence-electron chi connectivity index (χ2n) is 7.11. The van der Waals surface area contributed by atoms with E-state index >= 15 is 0 Å². The van der Waals surface area contributed by atoms with Crippen LogP contribution >= 0.6 is 0 Å². The molecule has 1 nitrogen and oxygen atoms in total. The fourth-order valence-corrected chi connectivity index (χ4v) is 16.5. The van der Waals surface area contributed by atoms with Crippen molar-refractivity contribution in [3.63, 3.8) is 0 Å². The molecule has 0 aromatic rings. The molecule has 0 heterocycles. The third-order valence-corrected chi connectivity index (χ3v) is 18.0. The first kappa shape index (κ1) is 22.8. The van der Waals surface area contributed by atoms with E-state index < -0.39 is 18.8 Å². The maximum atomic E-state index is 6.71. The second kappa shape index (κ2) is 16.6. The molecule has 0 saturated heterocycles. The van der Waals surface area contributed by atoms with Crippen LogP contribution in [0.1, 0.15) is 105 Å². The van der Waals surface area contributed by atoms with Crippen LogP contribution in [0, 0.1) is 0 Å². The molecule has 0 spiro atoms. The standard InChI is InChI=1S/C8H17.C4H9O.2C4H9.Sn/c1-3-5-7-8-6-4-2;1-2-3-4-5;2*1-3-4-2;/h1,3-8H2,2H3;2-4H2,1H3;2*1,3-4H2,2H3;/q;-1;;;+1. The Hall–Kier alpha value is 0.759. The third-order valence-electron chi connectivity index (χ3n) is 4.86. The number of hydrogen-bond acceptors (Lipinski definition) is 1. The van der Waals surface area contributed by atoms with Gasteiger partial charge in [0.05, 0.1) is 0 Å². The van der Waals surface area contributed by atoms with Crippen molar-refractivity contribution >= 4 is 18.8 Å². The molecule has 0 aromatic heterocycles. The van der Waals surface area contributed by atoms with Crippen molar-refractivity contribution in [2.24, 2.45) is 0 Å². The summed E-state index contributed by atoms with van der Waals surface area (Å²) in [5.74, 6) is 0. The fourth-order valence-electron chi connectivity index (χ4n) is 3.25. The van der Waals surface area contributed by atoms with E-state index in [4.69, 9.17) is 3.07 Å². The third kappa shape index (κ3) is 12.2. The molecular formula is C20H44OSn. The molecule has 0 unspecified atom stereocenters. The number of hydrogen-bond donors (Lipinski definition) is 0. The molecule has 0 aliphatic carbocycles. The van der Waals surface area contributed by atoms with E-state index in [0.29, 0.717) is 0 Å². The first-order valence-corrected chi connectivity index (χ1v) is 17.6. The van der Waals surface area contributed by atoms with Gasteiger partial charge in [0.15, 0.2) is 0 Å². The fraction of sp³-hybridized carbons (Fsp3) is 1.00. The summed E-state index contributed by atoms with van der Waals surface area (Å²) in [6, 6.07) is 0. The Kier molecular flexibility index (Phi) is 17.2. The Balaban J connectivity index is 4.34. The SMILES string of the molecule is CCCCCCC[CH2][Sn]([CH2]CCC)([CH2]CCC)[O]CCCC. The minimum absolute atomic E-state index is 1.07. The Labute approximate surface area is 146 Å². The Morgan fingerprint density at radius 1 is 0.500 bits per heavy atom. The van der Waals surface area contributed by atoms with E-state index in [1.54, 1.807) is 0 Å². The molecule has 134 valence electrons. The molecule has 0 amide bonds. The van der Waals surface area contributed by atoms with E-state index in [1.807, 2.05) is 0 Å². The van der Waals surface area contributed by atoms with E-state index in [-0.39, 0.29) is 0 Å². The second-order valence-corrected chi connectivity index (χ2v) is 19.0. The van der Waals surface area contributed by atoms with Gasteiger partial charge in [-0.25, -0.2) is 0 Å². The van der Waals surface area contributed by atoms with Gasteiger partial charge in [0.25, 0.3) is 0 Å². The van der Waals surface area contributed by atoms with E-state index in [9.17, 15) is 0 Å². The van der Waals surface area contributed by atoms with Crippen LogP contribution in [0.5, 0.6) is 0 Å². The van der Waals surface area contributed by atoms with Crippen molar-refractivity contribution < 1.29 is 3.07 Å². The topological polar surface area (TPSA) is 9.23 Å². The zero-order valence-electron chi connectivity index (χ0n) is 16.2. The van der Waals surface area contributed by atoms with Crippen molar-refractivity contribution in [2.75, 3.05) is 6.61 Å². The van der Waals surface area contributed by atoms with E-state index in [2.05, 4.69) is 27.7 Å². The van der Waals surface area contributed by atoms with Gasteiger partial charge >= 0.3 is 147 Å². The normalized spacial score (nSPS) is 12.0. The quantitative estimate of drug-likeness (QED) is 0.173. The monoisotopic (exact) mass is 420 g/mol. The van der Waals surface area contributed by atoms with Crippen LogP contribution in [-0.2, 0) is 3.07 Å². The molecule has 0 aromatic carbocycles. The summed E-state index contributed by atoms with van der Waals surface area (Å²) in [7, 11) is 0. The van der Waals surface area contributed by atoms with Gasteiger partial charge in [-0.1, -0.05) is 0 Å². The molecule has 0 N–H and O–H groups in total. The molecule has 0 fully saturated rings. The van der Waals surface area contributed by atoms with Gasteiger partial charge in [-0.15, -0.1) is 0 Å². The summed E-state index contributed by atoms with van der Waals surface area (Å²) in [5.41, 5.74) is 0. The van der Waals surface area contributed by atoms with Gasteiger partial charge in [0, 0.05) is 0 Å². The minimum atomic E-state index is -2.28. The first-order chi connectivity index (χ1) is 10.7. The van der Waals surface area contributed by atoms with Crippen LogP contribution in [0.4, 0.5) is 0 Å². The summed E-state index contributed by atoms with van der Waals surface area (Å²) in [6.45, 7) is 10.3. The first-order valence-electron chi connectivity index (χ1n) is 10.4. The van der Waals surface area contributed by atoms with Gasteiger partial charge in [-0.3, -0.25) is 0 Å². The van der Waals surface area contributed by atoms with Crippen LogP contribution in [-0.4, -0.2) is 25.4 Å². The summed E-state index contributed by atoms with van der Waals surface area (Å²) in [6.07, 6.45) is 16.7. The van der Waals surface area contributed by atoms with Gasteiger partial charge < -0.3 is 0 Å². The van der Waals surface area contributed by atoms with Crippen LogP contribution in [0.25, 0.3) is 0 Å². The molecule has 0 bridgehead atoms. The van der Waals surface area contributed by atoms with Crippen LogP contribution in [0.2, 0.25) is 13.3 Å². The molecule has 0 rings (SSSR count). The summed E-state index contributed by atoms with van der Waals surface area (Å²) in [4.78, 5) is 0. The van der Waals surface area contributed by atoms with Gasteiger partial charge in [0.1, 0.15) is 0 Å². The zero-order chi connectivity index (χ0) is 16.5. The average molecular weight is 419 g/mol. The Bertz CT molecular complexity index is 210. The van der Waals surface area contributed by atoms with Crippen molar-refractivity contribution in [2.45, 2.75) is 118 Å². The van der Waals surface area contributed by atoms with Gasteiger partial charge in [0.2, 0.25) is 0 Å². The average Bonchev–Trinajstić information content (AvgIpc) is 2.54. The van der Waals surface area contributed by atoms with Crippen molar-refractivity contribution in [3.8, 4) is 0 Å². The molecule has 0 aliphatic heterocycles. The molecule has 0 atom stereocenters. The predicted molar refractivity (Wildman–Crippen MR) is 104 cm³/mol. The molecule has 2 heteroatoms. The number of rotatable bonds is 17. The van der Waals surface area contributed by atoms with Gasteiger partial charge in [-0.05, 0) is 0 Å². The zero-order valence-corrected chi connectivity index (χ0v) is 19.1. The van der Waals surface area contributed by atoms with Crippen LogP contribution < -0.4 is 0 Å². The number of unbranched alkanes of at least 4 members (excludes halogenated alkanes) is 8. The predicted octanol–water partition coefficient (Wildman–Crippen LogP) is 7.71. The van der Waals surface area contributed by atoms with E-state index in [0.717, 1.165) is 6.61 Å². The van der Waals surface area contributed by atoms with Crippen molar-refractivity contribution in [3.05, 3.63) is 0 Å². The molecule has 0 saturated carbocycles. The van der Waals surface area contributed by atoms with Crippen molar-refractivity contribution in [1.29, 1.82) is 0 Å². The Morgan fingerprint density at radius 2 is 0.955 bits per heavy atom. The molecular weight excluding hydrogens is 375 g/mol. The summed E-state index contributed by atoms with van der Waals surface area (Å²) >= 11 is -2.28. The maximum absolute atomic E-state index is 6.71. The van der Waals surface area contributed by atoms with Crippen LogP contribution in [0.15, 0.2) is 0 Å². The molecule has 0 aliphatic rings. The summed E-state index contributed by atoms with van der Waals surface area (Å²) in [5, 5.41) is 0. The van der Waals surface area contributed by atoms with Gasteiger partial charge in [-0.2, -0.15) is 0 Å². The summed E-state index contributed by atoms with van der Waals surface area (Å²) < 4.78 is 11.2.